The quantitative estimate of drug-likeness (QED) is 0.575. The molecule has 1 unspecified atom stereocenters. The Morgan fingerprint density at radius 2 is 1.93 bits per heavy atom. The van der Waals surface area contributed by atoms with Crippen LogP contribution < -0.4 is 5.32 Å². The number of hydrogen-bond acceptors (Lipinski definition) is 3. The van der Waals surface area contributed by atoms with Gasteiger partial charge in [0, 0.05) is 13.2 Å². The molecule has 0 aromatic heterocycles. The molecule has 3 heteroatoms. The number of rotatable bonds is 7. The standard InChI is InChI=1S/C12H19NO2/c14-9-7-12(15)10-13-8-6-11-4-2-1-3-5-11/h1-5,12-15H,6-10H2. The Morgan fingerprint density at radius 3 is 2.60 bits per heavy atom. The molecule has 1 aromatic rings. The van der Waals surface area contributed by atoms with Gasteiger partial charge >= 0.3 is 0 Å². The highest BCUT2D eigenvalue weighted by Crippen LogP contribution is 1.98. The van der Waals surface area contributed by atoms with Gasteiger partial charge in [-0.15, -0.1) is 0 Å². The molecule has 0 radical (unpaired) electrons. The first-order chi connectivity index (χ1) is 7.33. The van der Waals surface area contributed by atoms with Gasteiger partial charge in [0.15, 0.2) is 0 Å². The Bertz CT molecular complexity index is 251. The molecule has 0 bridgehead atoms. The maximum Gasteiger partial charge on any atom is 0.0686 e. The van der Waals surface area contributed by atoms with Crippen LogP contribution in [0.2, 0.25) is 0 Å². The Hall–Kier alpha value is -0.900. The average Bonchev–Trinajstić information content (AvgIpc) is 2.26. The third-order valence-electron chi connectivity index (χ3n) is 2.28. The number of aliphatic hydroxyl groups excluding tert-OH is 2. The van der Waals surface area contributed by atoms with Gasteiger partial charge in [-0.3, -0.25) is 0 Å². The summed E-state index contributed by atoms with van der Waals surface area (Å²) in [6, 6.07) is 10.2. The molecular formula is C12H19NO2. The molecule has 0 spiro atoms. The fourth-order valence-corrected chi connectivity index (χ4v) is 1.40. The lowest BCUT2D eigenvalue weighted by Crippen LogP contribution is -2.29. The van der Waals surface area contributed by atoms with Crippen LogP contribution in [0.15, 0.2) is 30.3 Å². The topological polar surface area (TPSA) is 52.5 Å². The Morgan fingerprint density at radius 1 is 1.20 bits per heavy atom. The second-order valence-electron chi connectivity index (χ2n) is 3.61. The van der Waals surface area contributed by atoms with E-state index in [1.165, 1.54) is 5.56 Å². The third kappa shape index (κ3) is 5.52. The fourth-order valence-electron chi connectivity index (χ4n) is 1.40. The first-order valence-electron chi connectivity index (χ1n) is 5.36. The smallest absolute Gasteiger partial charge is 0.0686 e. The number of nitrogens with one attached hydrogen (secondary N) is 1. The van der Waals surface area contributed by atoms with Crippen molar-refractivity contribution in [3.8, 4) is 0 Å². The van der Waals surface area contributed by atoms with E-state index in [-0.39, 0.29) is 6.61 Å². The van der Waals surface area contributed by atoms with Crippen molar-refractivity contribution in [2.75, 3.05) is 19.7 Å². The van der Waals surface area contributed by atoms with Crippen LogP contribution in [-0.2, 0) is 6.42 Å². The van der Waals surface area contributed by atoms with Gasteiger partial charge in [-0.1, -0.05) is 30.3 Å². The van der Waals surface area contributed by atoms with Crippen molar-refractivity contribution in [1.29, 1.82) is 0 Å². The van der Waals surface area contributed by atoms with Crippen LogP contribution in [0.4, 0.5) is 0 Å². The monoisotopic (exact) mass is 209 g/mol. The van der Waals surface area contributed by atoms with Crippen LogP contribution in [0.3, 0.4) is 0 Å². The highest BCUT2D eigenvalue weighted by Gasteiger charge is 2.01. The highest BCUT2D eigenvalue weighted by atomic mass is 16.3. The molecule has 0 fully saturated rings. The van der Waals surface area contributed by atoms with Gasteiger partial charge in [0.2, 0.25) is 0 Å². The molecule has 1 atom stereocenters. The van der Waals surface area contributed by atoms with Crippen LogP contribution in [0.25, 0.3) is 0 Å². The fraction of sp³-hybridized carbons (Fsp3) is 0.500. The normalized spacial score (nSPS) is 12.7. The number of benzene rings is 1. The molecule has 3 N–H and O–H groups in total. The van der Waals surface area contributed by atoms with Crippen LogP contribution in [0.5, 0.6) is 0 Å². The molecule has 0 aliphatic heterocycles. The van der Waals surface area contributed by atoms with Crippen molar-refractivity contribution in [3.63, 3.8) is 0 Å². The lowest BCUT2D eigenvalue weighted by atomic mass is 10.1. The maximum atomic E-state index is 9.32. The highest BCUT2D eigenvalue weighted by molar-refractivity contribution is 5.14. The summed E-state index contributed by atoms with van der Waals surface area (Å²) in [6.45, 7) is 1.45. The zero-order valence-electron chi connectivity index (χ0n) is 8.89. The van der Waals surface area contributed by atoms with Crippen LogP contribution in [-0.4, -0.2) is 36.0 Å². The van der Waals surface area contributed by atoms with Gasteiger partial charge in [0.1, 0.15) is 0 Å². The molecule has 3 nitrogen and oxygen atoms in total. The first kappa shape index (κ1) is 12.2. The summed E-state index contributed by atoms with van der Waals surface area (Å²) in [5.41, 5.74) is 1.29. The Labute approximate surface area is 90.8 Å². The summed E-state index contributed by atoms with van der Waals surface area (Å²) < 4.78 is 0. The van der Waals surface area contributed by atoms with Crippen LogP contribution in [0.1, 0.15) is 12.0 Å². The van der Waals surface area contributed by atoms with Crippen LogP contribution >= 0.6 is 0 Å². The van der Waals surface area contributed by atoms with E-state index in [9.17, 15) is 5.11 Å². The minimum atomic E-state index is -0.439. The van der Waals surface area contributed by atoms with E-state index in [4.69, 9.17) is 5.11 Å². The van der Waals surface area contributed by atoms with Crippen molar-refractivity contribution < 1.29 is 10.2 Å². The van der Waals surface area contributed by atoms with E-state index in [2.05, 4.69) is 17.4 Å². The van der Waals surface area contributed by atoms with E-state index in [1.54, 1.807) is 0 Å². The van der Waals surface area contributed by atoms with E-state index < -0.39 is 6.10 Å². The molecular weight excluding hydrogens is 190 g/mol. The maximum absolute atomic E-state index is 9.32. The SMILES string of the molecule is OCCC(O)CNCCc1ccccc1. The summed E-state index contributed by atoms with van der Waals surface area (Å²) in [6.07, 6.45) is 0.969. The molecule has 0 saturated heterocycles. The molecule has 1 rings (SSSR count). The van der Waals surface area contributed by atoms with Crippen molar-refractivity contribution in [2.24, 2.45) is 0 Å². The van der Waals surface area contributed by atoms with Gasteiger partial charge < -0.3 is 15.5 Å². The summed E-state index contributed by atoms with van der Waals surface area (Å²) >= 11 is 0. The van der Waals surface area contributed by atoms with Crippen molar-refractivity contribution in [3.05, 3.63) is 35.9 Å². The lowest BCUT2D eigenvalue weighted by molar-refractivity contribution is 0.131. The second-order valence-corrected chi connectivity index (χ2v) is 3.61. The molecule has 0 heterocycles. The summed E-state index contributed by atoms with van der Waals surface area (Å²) in [5.74, 6) is 0. The Balaban J connectivity index is 2.07. The van der Waals surface area contributed by atoms with E-state index in [0.717, 1.165) is 13.0 Å². The number of hydrogen-bond donors (Lipinski definition) is 3. The van der Waals surface area contributed by atoms with Gasteiger partial charge in [-0.25, -0.2) is 0 Å². The largest absolute Gasteiger partial charge is 0.396 e. The molecule has 0 amide bonds. The molecule has 0 aliphatic rings. The molecule has 0 aliphatic carbocycles. The van der Waals surface area contributed by atoms with Gasteiger partial charge in [-0.2, -0.15) is 0 Å². The summed E-state index contributed by atoms with van der Waals surface area (Å²) in [5, 5.41) is 21.1. The minimum absolute atomic E-state index is 0.0432. The van der Waals surface area contributed by atoms with E-state index in [1.807, 2.05) is 18.2 Å². The van der Waals surface area contributed by atoms with Gasteiger partial charge in [0.05, 0.1) is 6.10 Å². The predicted octanol–water partition coefficient (Wildman–Crippen LogP) is 0.562. The number of aliphatic hydroxyl groups is 2. The predicted molar refractivity (Wildman–Crippen MR) is 60.7 cm³/mol. The van der Waals surface area contributed by atoms with Crippen molar-refractivity contribution in [1.82, 2.24) is 5.32 Å². The first-order valence-corrected chi connectivity index (χ1v) is 5.36. The zero-order chi connectivity index (χ0) is 10.9. The summed E-state index contributed by atoms with van der Waals surface area (Å²) in [7, 11) is 0. The lowest BCUT2D eigenvalue weighted by Gasteiger charge is -2.10. The third-order valence-corrected chi connectivity index (χ3v) is 2.28. The van der Waals surface area contributed by atoms with Crippen LogP contribution in [0, 0.1) is 0 Å². The van der Waals surface area contributed by atoms with E-state index >= 15 is 0 Å². The second kappa shape index (κ2) is 7.40. The van der Waals surface area contributed by atoms with Gasteiger partial charge in [0.25, 0.3) is 0 Å². The Kier molecular flexibility index (Phi) is 6.00. The minimum Gasteiger partial charge on any atom is -0.396 e. The average molecular weight is 209 g/mol. The molecule has 0 saturated carbocycles. The van der Waals surface area contributed by atoms with E-state index in [0.29, 0.717) is 13.0 Å². The summed E-state index contributed by atoms with van der Waals surface area (Å²) in [4.78, 5) is 0. The molecule has 15 heavy (non-hydrogen) atoms. The van der Waals surface area contributed by atoms with Gasteiger partial charge in [-0.05, 0) is 24.9 Å². The van der Waals surface area contributed by atoms with Crippen molar-refractivity contribution in [2.45, 2.75) is 18.9 Å². The molecule has 84 valence electrons. The van der Waals surface area contributed by atoms with Crippen molar-refractivity contribution >= 4 is 0 Å². The molecule has 1 aromatic carbocycles. The zero-order valence-corrected chi connectivity index (χ0v) is 8.89.